The van der Waals surface area contributed by atoms with Gasteiger partial charge in [-0.05, 0) is 87.3 Å². The molecule has 3 nitrogen and oxygen atoms in total. The van der Waals surface area contributed by atoms with Gasteiger partial charge in [0.2, 0.25) is 0 Å². The van der Waals surface area contributed by atoms with Crippen molar-refractivity contribution in [3.8, 4) is 67.5 Å². The molecule has 0 saturated heterocycles. The van der Waals surface area contributed by atoms with Gasteiger partial charge in [-0.15, -0.1) is 11.3 Å². The summed E-state index contributed by atoms with van der Waals surface area (Å²) in [6.45, 7) is 4.39. The van der Waals surface area contributed by atoms with Gasteiger partial charge < -0.3 is 0 Å². The Morgan fingerprint density at radius 1 is 0.364 bits per heavy atom. The van der Waals surface area contributed by atoms with Crippen molar-refractivity contribution in [1.29, 1.82) is 0 Å². The van der Waals surface area contributed by atoms with Crippen LogP contribution in [-0.2, 0) is 0 Å². The van der Waals surface area contributed by atoms with Gasteiger partial charge in [-0.1, -0.05) is 158 Å². The van der Waals surface area contributed by atoms with Crippen molar-refractivity contribution in [2.45, 2.75) is 13.8 Å². The zero-order valence-corrected chi connectivity index (χ0v) is 31.3. The number of hydrogen-bond donors (Lipinski definition) is 0. The van der Waals surface area contributed by atoms with Crippen LogP contribution in [0.5, 0.6) is 0 Å². The molecule has 2 heterocycles. The highest BCUT2D eigenvalue weighted by Crippen LogP contribution is 2.40. The zero-order chi connectivity index (χ0) is 36.9. The van der Waals surface area contributed by atoms with E-state index >= 15 is 0 Å². The Morgan fingerprint density at radius 3 is 1.67 bits per heavy atom. The Bertz CT molecular complexity index is 3040. The minimum Gasteiger partial charge on any atom is -0.208 e. The molecular weight excluding hydrogens is 687 g/mol. The van der Waals surface area contributed by atoms with Crippen LogP contribution in [0.25, 0.3) is 98.5 Å². The van der Waals surface area contributed by atoms with Crippen LogP contribution in [0.15, 0.2) is 176 Å². The summed E-state index contributed by atoms with van der Waals surface area (Å²) in [5.41, 5.74) is 12.3. The number of aryl methyl sites for hydroxylation is 2. The second kappa shape index (κ2) is 13.6. The standard InChI is InChI=1S/C51H35N3S/c1-32-11-10-17-44(48(32)42-29-27-37-14-6-7-15-41(37)33(42)2)51-53-49(38-23-19-35(20-24-38)34-12-4-3-5-13-34)52-50(54-51)39-25-21-36(22-26-39)40-28-30-47-45(31-40)43-16-8-9-18-46(43)55-47/h3-31H,1-2H3. The van der Waals surface area contributed by atoms with Crippen LogP contribution >= 0.6 is 11.3 Å². The topological polar surface area (TPSA) is 38.7 Å². The Morgan fingerprint density at radius 2 is 0.927 bits per heavy atom. The molecule has 0 aliphatic carbocycles. The molecule has 2 aromatic heterocycles. The lowest BCUT2D eigenvalue weighted by Gasteiger charge is -2.17. The normalized spacial score (nSPS) is 11.5. The molecule has 0 bridgehead atoms. The molecule has 10 aromatic rings. The van der Waals surface area contributed by atoms with Crippen LogP contribution in [0, 0.1) is 13.8 Å². The minimum absolute atomic E-state index is 0.639. The van der Waals surface area contributed by atoms with Crippen LogP contribution < -0.4 is 0 Å². The first-order chi connectivity index (χ1) is 27.1. The van der Waals surface area contributed by atoms with Crippen LogP contribution in [0.3, 0.4) is 0 Å². The van der Waals surface area contributed by atoms with Gasteiger partial charge in [0.15, 0.2) is 17.5 Å². The summed E-state index contributed by atoms with van der Waals surface area (Å²) in [5.74, 6) is 1.93. The summed E-state index contributed by atoms with van der Waals surface area (Å²) in [6, 6.07) is 62.5. The van der Waals surface area contributed by atoms with Crippen molar-refractivity contribution >= 4 is 42.3 Å². The number of aromatic nitrogens is 3. The van der Waals surface area contributed by atoms with E-state index in [4.69, 9.17) is 15.0 Å². The third-order valence-electron chi connectivity index (χ3n) is 10.7. The average molecular weight is 722 g/mol. The van der Waals surface area contributed by atoms with Crippen LogP contribution in [0.4, 0.5) is 0 Å². The van der Waals surface area contributed by atoms with E-state index in [1.165, 1.54) is 58.8 Å². The highest BCUT2D eigenvalue weighted by atomic mass is 32.1. The molecule has 0 atom stereocenters. The van der Waals surface area contributed by atoms with E-state index in [0.29, 0.717) is 17.5 Å². The van der Waals surface area contributed by atoms with E-state index in [1.54, 1.807) is 0 Å². The molecule has 0 saturated carbocycles. The van der Waals surface area contributed by atoms with E-state index in [1.807, 2.05) is 17.4 Å². The summed E-state index contributed by atoms with van der Waals surface area (Å²) in [7, 11) is 0. The van der Waals surface area contributed by atoms with Crippen LogP contribution in [0.2, 0.25) is 0 Å². The quantitative estimate of drug-likeness (QED) is 0.172. The van der Waals surface area contributed by atoms with E-state index in [-0.39, 0.29) is 0 Å². The molecule has 55 heavy (non-hydrogen) atoms. The van der Waals surface area contributed by atoms with Gasteiger partial charge in [-0.2, -0.15) is 0 Å². The SMILES string of the molecule is Cc1cccc(-c2nc(-c3ccc(-c4ccccc4)cc3)nc(-c3ccc(-c4ccc5sc6ccccc6c5c4)cc3)n2)c1-c1ccc2ccccc2c1C. The number of thiophene rings is 1. The van der Waals surface area contributed by atoms with Gasteiger partial charge in [0.05, 0.1) is 0 Å². The molecule has 0 amide bonds. The summed E-state index contributed by atoms with van der Waals surface area (Å²) < 4.78 is 2.62. The fourth-order valence-corrected chi connectivity index (χ4v) is 8.91. The van der Waals surface area contributed by atoms with Gasteiger partial charge in [-0.25, -0.2) is 15.0 Å². The van der Waals surface area contributed by atoms with Crippen molar-refractivity contribution in [2.75, 3.05) is 0 Å². The highest BCUT2D eigenvalue weighted by molar-refractivity contribution is 7.25. The maximum atomic E-state index is 5.23. The monoisotopic (exact) mass is 721 g/mol. The fraction of sp³-hybridized carbons (Fsp3) is 0.0392. The van der Waals surface area contributed by atoms with Crippen molar-refractivity contribution in [1.82, 2.24) is 15.0 Å². The van der Waals surface area contributed by atoms with Crippen molar-refractivity contribution in [3.63, 3.8) is 0 Å². The van der Waals surface area contributed by atoms with E-state index in [0.717, 1.165) is 33.4 Å². The molecule has 0 spiro atoms. The maximum Gasteiger partial charge on any atom is 0.164 e. The number of hydrogen-bond acceptors (Lipinski definition) is 4. The van der Waals surface area contributed by atoms with Crippen molar-refractivity contribution in [2.24, 2.45) is 0 Å². The van der Waals surface area contributed by atoms with Gasteiger partial charge in [0.1, 0.15) is 0 Å². The van der Waals surface area contributed by atoms with Crippen molar-refractivity contribution in [3.05, 3.63) is 187 Å². The first-order valence-electron chi connectivity index (χ1n) is 18.6. The molecule has 0 unspecified atom stereocenters. The van der Waals surface area contributed by atoms with Gasteiger partial charge in [0.25, 0.3) is 0 Å². The zero-order valence-electron chi connectivity index (χ0n) is 30.5. The Labute approximate surface area is 324 Å². The Kier molecular flexibility index (Phi) is 8.12. The predicted octanol–water partition coefficient (Wildman–Crippen LogP) is 14.0. The molecule has 0 aliphatic rings. The second-order valence-electron chi connectivity index (χ2n) is 14.1. The Balaban J connectivity index is 1.10. The molecule has 260 valence electrons. The maximum absolute atomic E-state index is 5.23. The fourth-order valence-electron chi connectivity index (χ4n) is 7.82. The predicted molar refractivity (Wildman–Crippen MR) is 232 cm³/mol. The average Bonchev–Trinajstić information content (AvgIpc) is 3.62. The molecule has 4 heteroatoms. The van der Waals surface area contributed by atoms with Crippen LogP contribution in [-0.4, -0.2) is 15.0 Å². The first kappa shape index (κ1) is 32.9. The molecule has 0 N–H and O–H groups in total. The number of nitrogens with zero attached hydrogens (tertiary/aromatic N) is 3. The lowest BCUT2D eigenvalue weighted by molar-refractivity contribution is 1.07. The van der Waals surface area contributed by atoms with Crippen LogP contribution in [0.1, 0.15) is 11.1 Å². The molecule has 0 radical (unpaired) electrons. The summed E-state index contributed by atoms with van der Waals surface area (Å²) in [4.78, 5) is 15.6. The van der Waals surface area contributed by atoms with E-state index < -0.39 is 0 Å². The molecular formula is C51H35N3S. The highest BCUT2D eigenvalue weighted by Gasteiger charge is 2.19. The molecule has 8 aromatic carbocycles. The lowest BCUT2D eigenvalue weighted by Crippen LogP contribution is -2.02. The second-order valence-corrected chi connectivity index (χ2v) is 15.2. The molecule has 0 fully saturated rings. The number of benzene rings is 8. The first-order valence-corrected chi connectivity index (χ1v) is 19.4. The molecule has 10 rings (SSSR count). The number of fused-ring (bicyclic) bond motifs is 4. The Hall–Kier alpha value is -6.75. The minimum atomic E-state index is 0.639. The third-order valence-corrected chi connectivity index (χ3v) is 11.9. The smallest absolute Gasteiger partial charge is 0.164 e. The lowest BCUT2D eigenvalue weighted by atomic mass is 9.89. The van der Waals surface area contributed by atoms with E-state index in [2.05, 4.69) is 184 Å². The summed E-state index contributed by atoms with van der Waals surface area (Å²) in [5, 5.41) is 5.08. The number of rotatable bonds is 6. The van der Waals surface area contributed by atoms with Gasteiger partial charge in [-0.3, -0.25) is 0 Å². The summed E-state index contributed by atoms with van der Waals surface area (Å²) >= 11 is 1.84. The van der Waals surface area contributed by atoms with Crippen molar-refractivity contribution < 1.29 is 0 Å². The largest absolute Gasteiger partial charge is 0.208 e. The van der Waals surface area contributed by atoms with Gasteiger partial charge in [0, 0.05) is 36.9 Å². The summed E-state index contributed by atoms with van der Waals surface area (Å²) in [6.07, 6.45) is 0. The molecule has 0 aliphatic heterocycles. The van der Waals surface area contributed by atoms with Gasteiger partial charge >= 0.3 is 0 Å². The third kappa shape index (κ3) is 5.97. The van der Waals surface area contributed by atoms with E-state index in [9.17, 15) is 0 Å².